The lowest BCUT2D eigenvalue weighted by Crippen LogP contribution is -2.05. The molecule has 0 atom stereocenters. The quantitative estimate of drug-likeness (QED) is 0.424. The lowest BCUT2D eigenvalue weighted by Gasteiger charge is -2.09. The molecule has 0 bridgehead atoms. The molecule has 0 aliphatic carbocycles. The van der Waals surface area contributed by atoms with Gasteiger partial charge in [0, 0.05) is 11.6 Å². The molecule has 0 saturated carbocycles. The zero-order valence-corrected chi connectivity index (χ0v) is 16.1. The van der Waals surface area contributed by atoms with Gasteiger partial charge in [-0.3, -0.25) is 4.79 Å². The summed E-state index contributed by atoms with van der Waals surface area (Å²) in [4.78, 5) is 12.8. The van der Waals surface area contributed by atoms with Gasteiger partial charge in [0.05, 0.1) is 5.39 Å². The maximum atomic E-state index is 13.7. The van der Waals surface area contributed by atoms with Gasteiger partial charge >= 0.3 is 0 Å². The number of benzene rings is 3. The average molecular weight is 390 g/mol. The van der Waals surface area contributed by atoms with Crippen LogP contribution in [0.4, 0.5) is 4.39 Å². The fourth-order valence-electron chi connectivity index (χ4n) is 3.15. The van der Waals surface area contributed by atoms with Gasteiger partial charge in [-0.05, 0) is 55.3 Å². The van der Waals surface area contributed by atoms with E-state index in [4.69, 9.17) is 13.9 Å². The predicted octanol–water partition coefficient (Wildman–Crippen LogP) is 5.92. The lowest BCUT2D eigenvalue weighted by atomic mass is 10.1. The Morgan fingerprint density at radius 1 is 0.931 bits per heavy atom. The van der Waals surface area contributed by atoms with Crippen LogP contribution >= 0.6 is 0 Å². The van der Waals surface area contributed by atoms with Crippen molar-refractivity contribution in [2.24, 2.45) is 0 Å². The molecule has 0 aliphatic rings. The molecule has 0 N–H and O–H groups in total. The minimum absolute atomic E-state index is 0.0797. The highest BCUT2D eigenvalue weighted by atomic mass is 19.1. The third kappa shape index (κ3) is 4.14. The van der Waals surface area contributed by atoms with E-state index in [0.29, 0.717) is 28.0 Å². The summed E-state index contributed by atoms with van der Waals surface area (Å²) in [6.07, 6.45) is 1.29. The van der Waals surface area contributed by atoms with E-state index in [1.807, 2.05) is 32.0 Å². The third-order valence-electron chi connectivity index (χ3n) is 4.49. The summed E-state index contributed by atoms with van der Waals surface area (Å²) in [5, 5.41) is 0.380. The normalized spacial score (nSPS) is 10.9. The van der Waals surface area contributed by atoms with E-state index in [1.54, 1.807) is 36.4 Å². The van der Waals surface area contributed by atoms with Crippen LogP contribution in [0.25, 0.3) is 11.0 Å². The summed E-state index contributed by atoms with van der Waals surface area (Å²) >= 11 is 0. The second-order valence-corrected chi connectivity index (χ2v) is 6.89. The number of aryl methyl sites for hydroxylation is 2. The number of halogens is 1. The molecular weight excluding hydrogens is 371 g/mol. The average Bonchev–Trinajstić information content (AvgIpc) is 2.69. The van der Waals surface area contributed by atoms with Crippen molar-refractivity contribution in [3.63, 3.8) is 0 Å². The van der Waals surface area contributed by atoms with Gasteiger partial charge in [0.2, 0.25) is 11.2 Å². The minimum atomic E-state index is -0.326. The number of fused-ring (bicyclic) bond motifs is 1. The smallest absolute Gasteiger partial charge is 0.235 e. The van der Waals surface area contributed by atoms with Crippen molar-refractivity contribution >= 4 is 11.0 Å². The van der Waals surface area contributed by atoms with Gasteiger partial charge in [0.15, 0.2) is 0 Å². The van der Waals surface area contributed by atoms with Gasteiger partial charge in [0.1, 0.15) is 35.8 Å². The van der Waals surface area contributed by atoms with Crippen molar-refractivity contribution in [2.75, 3.05) is 0 Å². The van der Waals surface area contributed by atoms with Gasteiger partial charge in [-0.25, -0.2) is 4.39 Å². The van der Waals surface area contributed by atoms with Crippen LogP contribution in [0, 0.1) is 19.7 Å². The molecule has 0 saturated heterocycles. The van der Waals surface area contributed by atoms with Gasteiger partial charge in [-0.1, -0.05) is 24.3 Å². The van der Waals surface area contributed by atoms with Gasteiger partial charge in [-0.2, -0.15) is 0 Å². The maximum Gasteiger partial charge on any atom is 0.235 e. The second kappa shape index (κ2) is 7.80. The van der Waals surface area contributed by atoms with Crippen LogP contribution < -0.4 is 14.9 Å². The third-order valence-corrected chi connectivity index (χ3v) is 4.49. The Kier molecular flexibility index (Phi) is 5.04. The van der Waals surface area contributed by atoms with Gasteiger partial charge < -0.3 is 13.9 Å². The molecule has 1 heterocycles. The topological polar surface area (TPSA) is 48.7 Å². The van der Waals surface area contributed by atoms with E-state index in [2.05, 4.69) is 0 Å². The van der Waals surface area contributed by atoms with E-state index < -0.39 is 0 Å². The Hall–Kier alpha value is -3.60. The number of hydrogen-bond acceptors (Lipinski definition) is 4. The van der Waals surface area contributed by atoms with Crippen LogP contribution in [0.2, 0.25) is 0 Å². The highest BCUT2D eigenvalue weighted by Gasteiger charge is 2.11. The van der Waals surface area contributed by atoms with Crippen LogP contribution in [0.3, 0.4) is 0 Å². The van der Waals surface area contributed by atoms with Crippen molar-refractivity contribution in [1.29, 1.82) is 0 Å². The second-order valence-electron chi connectivity index (χ2n) is 6.89. The first-order valence-electron chi connectivity index (χ1n) is 9.17. The van der Waals surface area contributed by atoms with Crippen molar-refractivity contribution < 1.29 is 18.3 Å². The molecule has 1 aromatic heterocycles. The van der Waals surface area contributed by atoms with E-state index in [9.17, 15) is 9.18 Å². The summed E-state index contributed by atoms with van der Waals surface area (Å²) in [6, 6.07) is 17.0. The van der Waals surface area contributed by atoms with E-state index in [-0.39, 0.29) is 23.6 Å². The molecule has 146 valence electrons. The number of rotatable bonds is 5. The highest BCUT2D eigenvalue weighted by molar-refractivity contribution is 5.79. The molecule has 29 heavy (non-hydrogen) atoms. The summed E-state index contributed by atoms with van der Waals surface area (Å²) in [7, 11) is 0. The van der Waals surface area contributed by atoms with Crippen LogP contribution in [0.15, 0.2) is 76.1 Å². The van der Waals surface area contributed by atoms with Crippen molar-refractivity contribution in [3.05, 3.63) is 99.7 Å². The van der Waals surface area contributed by atoms with Gasteiger partial charge in [0.25, 0.3) is 0 Å². The number of hydrogen-bond donors (Lipinski definition) is 0. The first-order valence-corrected chi connectivity index (χ1v) is 9.17. The summed E-state index contributed by atoms with van der Waals surface area (Å²) in [5.41, 5.74) is 2.63. The molecule has 4 aromatic rings. The molecule has 0 radical (unpaired) electrons. The standard InChI is InChI=1S/C24H19FO4/c1-15-9-16(2)11-19(10-15)29-23-14-28-22-12-18(7-8-20(22)24(23)26)27-13-17-5-3-4-6-21(17)25/h3-12,14H,13H2,1-2H3. The largest absolute Gasteiger partial charge is 0.489 e. The van der Waals surface area contributed by atoms with Crippen molar-refractivity contribution in [1.82, 2.24) is 0 Å². The summed E-state index contributed by atoms with van der Waals surface area (Å²) in [5.74, 6) is 0.849. The maximum absolute atomic E-state index is 13.7. The van der Waals surface area contributed by atoms with E-state index in [0.717, 1.165) is 11.1 Å². The number of ether oxygens (including phenoxy) is 2. The Labute approximate surface area is 167 Å². The van der Waals surface area contributed by atoms with Crippen LogP contribution in [0.5, 0.6) is 17.2 Å². The lowest BCUT2D eigenvalue weighted by molar-refractivity contribution is 0.300. The molecular formula is C24H19FO4. The van der Waals surface area contributed by atoms with Gasteiger partial charge in [-0.15, -0.1) is 0 Å². The first-order chi connectivity index (χ1) is 14.0. The van der Waals surface area contributed by atoms with E-state index in [1.165, 1.54) is 12.3 Å². The molecule has 0 fully saturated rings. The Morgan fingerprint density at radius 2 is 1.69 bits per heavy atom. The molecule has 0 aliphatic heterocycles. The monoisotopic (exact) mass is 390 g/mol. The Balaban J connectivity index is 1.58. The molecule has 4 rings (SSSR count). The van der Waals surface area contributed by atoms with Crippen molar-refractivity contribution in [3.8, 4) is 17.2 Å². The molecule has 5 heteroatoms. The highest BCUT2D eigenvalue weighted by Crippen LogP contribution is 2.26. The SMILES string of the molecule is Cc1cc(C)cc(Oc2coc3cc(OCc4ccccc4F)ccc3c2=O)c1. The predicted molar refractivity (Wildman–Crippen MR) is 109 cm³/mol. The Morgan fingerprint density at radius 3 is 2.45 bits per heavy atom. The summed E-state index contributed by atoms with van der Waals surface area (Å²) in [6.45, 7) is 4.01. The first kappa shape index (κ1) is 18.7. The van der Waals surface area contributed by atoms with Crippen LogP contribution in [-0.2, 0) is 6.61 Å². The molecule has 0 unspecified atom stereocenters. The van der Waals surface area contributed by atoms with Crippen molar-refractivity contribution in [2.45, 2.75) is 20.5 Å². The molecule has 3 aromatic carbocycles. The van der Waals surface area contributed by atoms with Crippen LogP contribution in [-0.4, -0.2) is 0 Å². The zero-order chi connectivity index (χ0) is 20.4. The fraction of sp³-hybridized carbons (Fsp3) is 0.125. The zero-order valence-electron chi connectivity index (χ0n) is 16.1. The molecule has 4 nitrogen and oxygen atoms in total. The fourth-order valence-corrected chi connectivity index (χ4v) is 3.15. The Bertz CT molecular complexity index is 1220. The van der Waals surface area contributed by atoms with Crippen LogP contribution in [0.1, 0.15) is 16.7 Å². The summed E-state index contributed by atoms with van der Waals surface area (Å²) < 4.78 is 30.7. The minimum Gasteiger partial charge on any atom is -0.489 e. The molecule has 0 spiro atoms. The molecule has 0 amide bonds. The van der Waals surface area contributed by atoms with E-state index >= 15 is 0 Å².